The van der Waals surface area contributed by atoms with Crippen molar-refractivity contribution in [2.45, 2.75) is 46.0 Å². The zero-order valence-corrected chi connectivity index (χ0v) is 10.9. The first-order chi connectivity index (χ1) is 7.59. The normalized spacial score (nSPS) is 20.7. The molecular formula is C13H25NO2. The van der Waals surface area contributed by atoms with E-state index in [2.05, 4.69) is 23.5 Å². The molecule has 0 aromatic heterocycles. The van der Waals surface area contributed by atoms with Gasteiger partial charge < -0.3 is 9.64 Å². The van der Waals surface area contributed by atoms with Crippen LogP contribution in [0.2, 0.25) is 0 Å². The average molecular weight is 227 g/mol. The van der Waals surface area contributed by atoms with E-state index in [0.29, 0.717) is 11.8 Å². The highest BCUT2D eigenvalue weighted by Crippen LogP contribution is 2.33. The number of hydrogen-bond donors (Lipinski definition) is 0. The van der Waals surface area contributed by atoms with Gasteiger partial charge in [-0.05, 0) is 44.3 Å². The van der Waals surface area contributed by atoms with Crippen molar-refractivity contribution in [2.75, 3.05) is 26.7 Å². The van der Waals surface area contributed by atoms with E-state index in [1.165, 1.54) is 39.5 Å². The van der Waals surface area contributed by atoms with Crippen LogP contribution < -0.4 is 0 Å². The summed E-state index contributed by atoms with van der Waals surface area (Å²) in [6.07, 6.45) is 5.35. The highest BCUT2D eigenvalue weighted by atomic mass is 16.5. The van der Waals surface area contributed by atoms with E-state index < -0.39 is 0 Å². The predicted molar refractivity (Wildman–Crippen MR) is 65.3 cm³/mol. The highest BCUT2D eigenvalue weighted by Gasteiger charge is 2.27. The lowest BCUT2D eigenvalue weighted by Gasteiger charge is -2.38. The Kier molecular flexibility index (Phi) is 5.26. The van der Waals surface area contributed by atoms with Crippen LogP contribution in [0.4, 0.5) is 0 Å². The molecule has 0 aliphatic carbocycles. The fourth-order valence-corrected chi connectivity index (χ4v) is 2.22. The van der Waals surface area contributed by atoms with Gasteiger partial charge in [0.15, 0.2) is 0 Å². The highest BCUT2D eigenvalue weighted by molar-refractivity contribution is 5.69. The van der Waals surface area contributed by atoms with E-state index in [1.807, 2.05) is 0 Å². The van der Waals surface area contributed by atoms with Gasteiger partial charge in [0.25, 0.3) is 0 Å². The molecule has 1 rings (SSSR count). The van der Waals surface area contributed by atoms with Gasteiger partial charge in [0, 0.05) is 6.42 Å². The molecule has 0 atom stereocenters. The molecule has 3 heteroatoms. The molecule has 94 valence electrons. The van der Waals surface area contributed by atoms with Crippen LogP contribution in [0.15, 0.2) is 0 Å². The van der Waals surface area contributed by atoms with E-state index in [0.717, 1.165) is 13.0 Å². The molecule has 0 amide bonds. The van der Waals surface area contributed by atoms with E-state index in [1.54, 1.807) is 0 Å². The van der Waals surface area contributed by atoms with E-state index >= 15 is 0 Å². The van der Waals surface area contributed by atoms with Gasteiger partial charge >= 0.3 is 5.97 Å². The first-order valence-electron chi connectivity index (χ1n) is 6.39. The SMILES string of the molecule is CCC1(C)CCN(CCCC(=O)OC)CC1. The zero-order valence-electron chi connectivity index (χ0n) is 10.9. The molecule has 1 heterocycles. The molecular weight excluding hydrogens is 202 g/mol. The number of piperidine rings is 1. The third-order valence-electron chi connectivity index (χ3n) is 4.00. The molecule has 0 unspecified atom stereocenters. The zero-order chi connectivity index (χ0) is 12.0. The standard InChI is InChI=1S/C13H25NO2/c1-4-13(2)7-10-14(11-8-13)9-5-6-12(15)16-3/h4-11H2,1-3H3. The first-order valence-corrected chi connectivity index (χ1v) is 6.39. The van der Waals surface area contributed by atoms with Gasteiger partial charge in [0.05, 0.1) is 7.11 Å². The molecule has 16 heavy (non-hydrogen) atoms. The summed E-state index contributed by atoms with van der Waals surface area (Å²) in [6, 6.07) is 0. The Morgan fingerprint density at radius 2 is 2.00 bits per heavy atom. The van der Waals surface area contributed by atoms with E-state index in [-0.39, 0.29) is 5.97 Å². The summed E-state index contributed by atoms with van der Waals surface area (Å²) >= 11 is 0. The number of carbonyl (C=O) groups is 1. The molecule has 3 nitrogen and oxygen atoms in total. The minimum atomic E-state index is -0.0876. The topological polar surface area (TPSA) is 29.5 Å². The van der Waals surface area contributed by atoms with Crippen LogP contribution in [0.25, 0.3) is 0 Å². The minimum absolute atomic E-state index is 0.0876. The van der Waals surface area contributed by atoms with Gasteiger partial charge in [0.1, 0.15) is 0 Å². The Bertz CT molecular complexity index is 220. The number of methoxy groups -OCH3 is 1. The fraction of sp³-hybridized carbons (Fsp3) is 0.923. The van der Waals surface area contributed by atoms with Gasteiger partial charge in [-0.1, -0.05) is 20.3 Å². The Labute approximate surface area is 99.1 Å². The maximum absolute atomic E-state index is 11.0. The first kappa shape index (κ1) is 13.5. The maximum Gasteiger partial charge on any atom is 0.305 e. The second-order valence-electron chi connectivity index (χ2n) is 5.19. The molecule has 1 fully saturated rings. The molecule has 0 aromatic rings. The number of hydrogen-bond acceptors (Lipinski definition) is 3. The average Bonchev–Trinajstić information content (AvgIpc) is 2.31. The van der Waals surface area contributed by atoms with Crippen molar-refractivity contribution in [3.05, 3.63) is 0 Å². The molecule has 0 aromatic carbocycles. The molecule has 1 aliphatic rings. The number of carbonyl (C=O) groups excluding carboxylic acids is 1. The van der Waals surface area contributed by atoms with Crippen LogP contribution in [0.5, 0.6) is 0 Å². The summed E-state index contributed by atoms with van der Waals surface area (Å²) < 4.78 is 4.63. The van der Waals surface area contributed by atoms with Crippen LogP contribution in [0.3, 0.4) is 0 Å². The second kappa shape index (κ2) is 6.24. The van der Waals surface area contributed by atoms with Gasteiger partial charge in [0.2, 0.25) is 0 Å². The lowest BCUT2D eigenvalue weighted by molar-refractivity contribution is -0.140. The predicted octanol–water partition coefficient (Wildman–Crippen LogP) is 2.45. The van der Waals surface area contributed by atoms with Crippen molar-refractivity contribution in [3.63, 3.8) is 0 Å². The summed E-state index contributed by atoms with van der Waals surface area (Å²) in [7, 11) is 1.45. The summed E-state index contributed by atoms with van der Waals surface area (Å²) in [5, 5.41) is 0. The van der Waals surface area contributed by atoms with Crippen molar-refractivity contribution in [3.8, 4) is 0 Å². The number of esters is 1. The molecule has 1 aliphatic heterocycles. The van der Waals surface area contributed by atoms with Crippen LogP contribution in [0.1, 0.15) is 46.0 Å². The monoisotopic (exact) mass is 227 g/mol. The lowest BCUT2D eigenvalue weighted by atomic mass is 9.78. The molecule has 1 saturated heterocycles. The number of likely N-dealkylation sites (tertiary alicyclic amines) is 1. The Balaban J connectivity index is 2.15. The summed E-state index contributed by atoms with van der Waals surface area (Å²) in [5.41, 5.74) is 0.554. The number of nitrogens with zero attached hydrogens (tertiary/aromatic N) is 1. The van der Waals surface area contributed by atoms with Crippen LogP contribution in [0, 0.1) is 5.41 Å². The van der Waals surface area contributed by atoms with Gasteiger partial charge in [-0.25, -0.2) is 0 Å². The Morgan fingerprint density at radius 1 is 1.38 bits per heavy atom. The third kappa shape index (κ3) is 4.12. The minimum Gasteiger partial charge on any atom is -0.469 e. The fourth-order valence-electron chi connectivity index (χ4n) is 2.22. The summed E-state index contributed by atoms with van der Waals surface area (Å²) in [4.78, 5) is 13.4. The van der Waals surface area contributed by atoms with Gasteiger partial charge in [-0.15, -0.1) is 0 Å². The number of ether oxygens (including phenoxy) is 1. The molecule has 0 spiro atoms. The number of rotatable bonds is 5. The summed E-state index contributed by atoms with van der Waals surface area (Å²) in [5.74, 6) is -0.0876. The van der Waals surface area contributed by atoms with Crippen molar-refractivity contribution in [1.82, 2.24) is 4.90 Å². The van der Waals surface area contributed by atoms with Crippen molar-refractivity contribution < 1.29 is 9.53 Å². The van der Waals surface area contributed by atoms with Crippen molar-refractivity contribution in [1.29, 1.82) is 0 Å². The Morgan fingerprint density at radius 3 is 2.50 bits per heavy atom. The van der Waals surface area contributed by atoms with Gasteiger partial charge in [-0.3, -0.25) is 4.79 Å². The third-order valence-corrected chi connectivity index (χ3v) is 4.00. The molecule has 0 N–H and O–H groups in total. The molecule has 0 bridgehead atoms. The summed E-state index contributed by atoms with van der Waals surface area (Å²) in [6.45, 7) is 8.08. The van der Waals surface area contributed by atoms with Crippen LogP contribution >= 0.6 is 0 Å². The largest absolute Gasteiger partial charge is 0.469 e. The van der Waals surface area contributed by atoms with Crippen LogP contribution in [-0.2, 0) is 9.53 Å². The quantitative estimate of drug-likeness (QED) is 0.676. The van der Waals surface area contributed by atoms with Crippen molar-refractivity contribution >= 4 is 5.97 Å². The second-order valence-corrected chi connectivity index (χ2v) is 5.19. The molecule has 0 saturated carbocycles. The smallest absolute Gasteiger partial charge is 0.305 e. The van der Waals surface area contributed by atoms with Crippen LogP contribution in [-0.4, -0.2) is 37.6 Å². The van der Waals surface area contributed by atoms with Gasteiger partial charge in [-0.2, -0.15) is 0 Å². The lowest BCUT2D eigenvalue weighted by Crippen LogP contribution is -2.38. The van der Waals surface area contributed by atoms with Crippen molar-refractivity contribution in [2.24, 2.45) is 5.41 Å². The maximum atomic E-state index is 11.0. The van der Waals surface area contributed by atoms with E-state index in [4.69, 9.17) is 0 Å². The molecule has 0 radical (unpaired) electrons. The van der Waals surface area contributed by atoms with E-state index in [9.17, 15) is 4.79 Å². The Hall–Kier alpha value is -0.570.